The molecule has 2 fully saturated rings. The summed E-state index contributed by atoms with van der Waals surface area (Å²) in [6.07, 6.45) is 6.22. The van der Waals surface area contributed by atoms with Crippen LogP contribution in [0.4, 0.5) is 0 Å². The summed E-state index contributed by atoms with van der Waals surface area (Å²) < 4.78 is 5.63. The second-order valence-corrected chi connectivity index (χ2v) is 6.25. The highest BCUT2D eigenvalue weighted by molar-refractivity contribution is 5.85. The molecule has 2 aliphatic heterocycles. The van der Waals surface area contributed by atoms with Crippen molar-refractivity contribution in [1.82, 2.24) is 9.88 Å². The van der Waals surface area contributed by atoms with Gasteiger partial charge in [0, 0.05) is 37.7 Å². The van der Waals surface area contributed by atoms with Crippen LogP contribution in [0.3, 0.4) is 0 Å². The maximum absolute atomic E-state index is 12.6. The first kappa shape index (κ1) is 14.5. The summed E-state index contributed by atoms with van der Waals surface area (Å²) in [6, 6.07) is 3.73. The third-order valence-electron chi connectivity index (χ3n) is 4.75. The van der Waals surface area contributed by atoms with Crippen LogP contribution in [0.25, 0.3) is 0 Å². The number of hydrogen-bond acceptors (Lipinski definition) is 4. The second-order valence-electron chi connectivity index (χ2n) is 6.25. The van der Waals surface area contributed by atoms with Gasteiger partial charge >= 0.3 is 0 Å². The zero-order valence-corrected chi connectivity index (χ0v) is 12.4. The minimum absolute atomic E-state index is 0.0632. The predicted octanol–water partition coefficient (Wildman–Crippen LogP) is 1.46. The molecule has 0 spiro atoms. The van der Waals surface area contributed by atoms with Gasteiger partial charge in [0.2, 0.25) is 0 Å². The average molecular weight is 290 g/mol. The monoisotopic (exact) mass is 290 g/mol. The van der Waals surface area contributed by atoms with Crippen LogP contribution in [-0.4, -0.2) is 46.2 Å². The molecular formula is C16H22N2O3. The van der Waals surface area contributed by atoms with E-state index < -0.39 is 11.2 Å². The Bertz CT molecular complexity index is 504. The lowest BCUT2D eigenvalue weighted by Crippen LogP contribution is -2.52. The van der Waals surface area contributed by atoms with Crippen LogP contribution >= 0.6 is 0 Å². The molecule has 0 saturated carbocycles. The third-order valence-corrected chi connectivity index (χ3v) is 4.75. The number of carbonyl (C=O) groups excluding carboxylic acids is 1. The van der Waals surface area contributed by atoms with Crippen molar-refractivity contribution in [3.05, 3.63) is 30.1 Å². The lowest BCUT2D eigenvalue weighted by atomic mass is 9.84. The van der Waals surface area contributed by atoms with Gasteiger partial charge in [-0.3, -0.25) is 9.78 Å². The molecule has 114 valence electrons. The van der Waals surface area contributed by atoms with Gasteiger partial charge in [0.15, 0.2) is 0 Å². The highest BCUT2D eigenvalue weighted by atomic mass is 16.5. The fourth-order valence-electron chi connectivity index (χ4n) is 3.29. The standard InChI is InChI=1S/C16H22N2O3/c1-15(5-3-11-21-15)14(19)18-9-6-16(20,7-10-18)13-4-2-8-17-12-13/h2,4,8,12,20H,3,5-7,9-11H2,1H3. The zero-order chi connectivity index (χ0) is 14.9. The van der Waals surface area contributed by atoms with E-state index in [9.17, 15) is 9.90 Å². The second kappa shape index (κ2) is 5.39. The van der Waals surface area contributed by atoms with Crippen LogP contribution in [0.1, 0.15) is 38.2 Å². The molecule has 3 rings (SSSR count). The molecule has 0 aromatic carbocycles. The van der Waals surface area contributed by atoms with Crippen LogP contribution in [0.2, 0.25) is 0 Å². The Morgan fingerprint density at radius 1 is 1.38 bits per heavy atom. The van der Waals surface area contributed by atoms with Crippen molar-refractivity contribution in [2.75, 3.05) is 19.7 Å². The minimum Gasteiger partial charge on any atom is -0.385 e. The number of likely N-dealkylation sites (tertiary alicyclic amines) is 1. The van der Waals surface area contributed by atoms with E-state index in [1.54, 1.807) is 12.4 Å². The molecule has 5 heteroatoms. The van der Waals surface area contributed by atoms with Gasteiger partial charge in [-0.2, -0.15) is 0 Å². The summed E-state index contributed by atoms with van der Waals surface area (Å²) in [5, 5.41) is 10.8. The Morgan fingerprint density at radius 2 is 2.14 bits per heavy atom. The van der Waals surface area contributed by atoms with E-state index in [1.165, 1.54) is 0 Å². The van der Waals surface area contributed by atoms with Crippen molar-refractivity contribution in [2.45, 2.75) is 43.8 Å². The van der Waals surface area contributed by atoms with Crippen LogP contribution in [-0.2, 0) is 15.1 Å². The van der Waals surface area contributed by atoms with E-state index in [4.69, 9.17) is 4.74 Å². The van der Waals surface area contributed by atoms with Gasteiger partial charge in [-0.15, -0.1) is 0 Å². The molecule has 5 nitrogen and oxygen atoms in total. The topological polar surface area (TPSA) is 62.7 Å². The molecule has 2 saturated heterocycles. The lowest BCUT2D eigenvalue weighted by Gasteiger charge is -2.40. The molecule has 1 aromatic rings. The van der Waals surface area contributed by atoms with Gasteiger partial charge in [0.25, 0.3) is 5.91 Å². The Kier molecular flexibility index (Phi) is 3.71. The van der Waals surface area contributed by atoms with E-state index in [0.29, 0.717) is 32.5 Å². The highest BCUT2D eigenvalue weighted by Crippen LogP contribution is 2.34. The van der Waals surface area contributed by atoms with E-state index in [1.807, 2.05) is 24.0 Å². The summed E-state index contributed by atoms with van der Waals surface area (Å²) >= 11 is 0. The van der Waals surface area contributed by atoms with Crippen molar-refractivity contribution >= 4 is 5.91 Å². The Morgan fingerprint density at radius 3 is 2.71 bits per heavy atom. The van der Waals surface area contributed by atoms with Crippen LogP contribution in [0.5, 0.6) is 0 Å². The zero-order valence-electron chi connectivity index (χ0n) is 12.4. The SMILES string of the molecule is CC1(C(=O)N2CCC(O)(c3cccnc3)CC2)CCCO1. The number of rotatable bonds is 2. The largest absolute Gasteiger partial charge is 0.385 e. The number of amides is 1. The number of aliphatic hydroxyl groups is 1. The molecule has 0 radical (unpaired) electrons. The fraction of sp³-hybridized carbons (Fsp3) is 0.625. The minimum atomic E-state index is -0.873. The summed E-state index contributed by atoms with van der Waals surface area (Å²) in [7, 11) is 0. The number of piperidine rings is 1. The lowest BCUT2D eigenvalue weighted by molar-refractivity contribution is -0.155. The number of pyridine rings is 1. The summed E-state index contributed by atoms with van der Waals surface area (Å²) in [6.45, 7) is 3.66. The summed E-state index contributed by atoms with van der Waals surface area (Å²) in [4.78, 5) is 18.5. The number of hydrogen-bond donors (Lipinski definition) is 1. The van der Waals surface area contributed by atoms with E-state index >= 15 is 0 Å². The molecule has 1 amide bonds. The first-order valence-electron chi connectivity index (χ1n) is 7.60. The molecule has 1 atom stereocenters. The molecule has 3 heterocycles. The molecule has 1 N–H and O–H groups in total. The first-order chi connectivity index (χ1) is 10.0. The van der Waals surface area contributed by atoms with Crippen molar-refractivity contribution in [3.8, 4) is 0 Å². The van der Waals surface area contributed by atoms with Crippen molar-refractivity contribution < 1.29 is 14.6 Å². The Labute approximate surface area is 124 Å². The highest BCUT2D eigenvalue weighted by Gasteiger charge is 2.43. The van der Waals surface area contributed by atoms with E-state index in [-0.39, 0.29) is 5.91 Å². The summed E-state index contributed by atoms with van der Waals surface area (Å²) in [5.41, 5.74) is -0.702. The van der Waals surface area contributed by atoms with E-state index in [0.717, 1.165) is 18.4 Å². The quantitative estimate of drug-likeness (QED) is 0.895. The average Bonchev–Trinajstić information content (AvgIpc) is 2.96. The van der Waals surface area contributed by atoms with Crippen LogP contribution < -0.4 is 0 Å². The molecule has 1 aromatic heterocycles. The Balaban J connectivity index is 1.66. The van der Waals surface area contributed by atoms with Crippen LogP contribution in [0.15, 0.2) is 24.5 Å². The number of nitrogens with zero attached hydrogens (tertiary/aromatic N) is 2. The molecular weight excluding hydrogens is 268 g/mol. The van der Waals surface area contributed by atoms with Gasteiger partial charge in [0.05, 0.1) is 5.60 Å². The van der Waals surface area contributed by atoms with Gasteiger partial charge in [-0.05, 0) is 38.7 Å². The van der Waals surface area contributed by atoms with Crippen molar-refractivity contribution in [3.63, 3.8) is 0 Å². The van der Waals surface area contributed by atoms with Crippen molar-refractivity contribution in [2.24, 2.45) is 0 Å². The van der Waals surface area contributed by atoms with Crippen LogP contribution in [0, 0.1) is 0 Å². The number of ether oxygens (including phenoxy) is 1. The molecule has 0 aliphatic carbocycles. The van der Waals surface area contributed by atoms with Gasteiger partial charge in [0.1, 0.15) is 5.60 Å². The van der Waals surface area contributed by atoms with Gasteiger partial charge in [-0.1, -0.05) is 6.07 Å². The number of aromatic nitrogens is 1. The molecule has 21 heavy (non-hydrogen) atoms. The van der Waals surface area contributed by atoms with Crippen molar-refractivity contribution in [1.29, 1.82) is 0 Å². The third kappa shape index (κ3) is 2.68. The smallest absolute Gasteiger partial charge is 0.254 e. The summed E-state index contributed by atoms with van der Waals surface area (Å²) in [5.74, 6) is 0.0632. The van der Waals surface area contributed by atoms with Gasteiger partial charge < -0.3 is 14.7 Å². The molecule has 1 unspecified atom stereocenters. The Hall–Kier alpha value is -1.46. The normalized spacial score (nSPS) is 28.6. The first-order valence-corrected chi connectivity index (χ1v) is 7.60. The predicted molar refractivity (Wildman–Crippen MR) is 77.5 cm³/mol. The van der Waals surface area contributed by atoms with E-state index in [2.05, 4.69) is 4.98 Å². The molecule has 2 aliphatic rings. The fourth-order valence-corrected chi connectivity index (χ4v) is 3.29. The maximum atomic E-state index is 12.6. The van der Waals surface area contributed by atoms with Gasteiger partial charge in [-0.25, -0.2) is 0 Å². The number of carbonyl (C=O) groups is 1. The molecule has 0 bridgehead atoms. The maximum Gasteiger partial charge on any atom is 0.254 e.